The molecule has 0 aliphatic heterocycles. The molecule has 0 aliphatic carbocycles. The zero-order valence-corrected chi connectivity index (χ0v) is 17.2. The van der Waals surface area contributed by atoms with Crippen molar-refractivity contribution in [1.29, 1.82) is 0 Å². The third kappa shape index (κ3) is 3.93. The molecule has 0 saturated carbocycles. The molecule has 2 heterocycles. The fourth-order valence-corrected chi connectivity index (χ4v) is 3.21. The van der Waals surface area contributed by atoms with E-state index in [0.717, 1.165) is 21.4 Å². The standard InChI is InChI=1S/C19H13BrN6O2S/c20-14-5-3-13(4-6-14)18-22-23-19(29)25(18)21-12-17-2-1-11-24(17)15-7-9-16(10-8-15)26(27)28/h1-12H,(H,23,29)/b21-12+. The van der Waals surface area contributed by atoms with Crippen LogP contribution < -0.4 is 0 Å². The number of aromatic amines is 1. The third-order valence-electron chi connectivity index (χ3n) is 4.18. The Kier molecular flexibility index (Phi) is 5.19. The van der Waals surface area contributed by atoms with Crippen LogP contribution in [0.5, 0.6) is 0 Å². The minimum atomic E-state index is -0.424. The number of nitro groups is 1. The maximum absolute atomic E-state index is 10.9. The molecule has 0 unspecified atom stereocenters. The summed E-state index contributed by atoms with van der Waals surface area (Å²) in [6.07, 6.45) is 3.52. The molecule has 2 aromatic carbocycles. The molecule has 0 fully saturated rings. The van der Waals surface area contributed by atoms with Crippen molar-refractivity contribution in [3.05, 3.63) is 91.9 Å². The average Bonchev–Trinajstić information content (AvgIpc) is 3.33. The number of hydrogen-bond donors (Lipinski definition) is 1. The van der Waals surface area contributed by atoms with E-state index in [9.17, 15) is 10.1 Å². The van der Waals surface area contributed by atoms with Gasteiger partial charge in [-0.2, -0.15) is 14.9 Å². The van der Waals surface area contributed by atoms with Crippen molar-refractivity contribution in [2.45, 2.75) is 0 Å². The van der Waals surface area contributed by atoms with Gasteiger partial charge < -0.3 is 4.57 Å². The molecular formula is C19H13BrN6O2S. The van der Waals surface area contributed by atoms with Crippen molar-refractivity contribution in [3.8, 4) is 17.1 Å². The molecule has 0 saturated heterocycles. The zero-order valence-electron chi connectivity index (χ0n) is 14.8. The summed E-state index contributed by atoms with van der Waals surface area (Å²) < 4.78 is 4.75. The van der Waals surface area contributed by atoms with Gasteiger partial charge in [0.2, 0.25) is 4.77 Å². The minimum Gasteiger partial charge on any atom is -0.316 e. The molecule has 144 valence electrons. The number of non-ortho nitro benzene ring substituents is 1. The second kappa shape index (κ2) is 7.94. The predicted molar refractivity (Wildman–Crippen MR) is 116 cm³/mol. The van der Waals surface area contributed by atoms with Gasteiger partial charge in [0.15, 0.2) is 5.82 Å². The Balaban J connectivity index is 1.67. The van der Waals surface area contributed by atoms with Crippen molar-refractivity contribution in [1.82, 2.24) is 19.4 Å². The minimum absolute atomic E-state index is 0.0416. The van der Waals surface area contributed by atoms with Crippen LogP contribution in [0, 0.1) is 14.9 Å². The maximum Gasteiger partial charge on any atom is 0.269 e. The topological polar surface area (TPSA) is 94.0 Å². The lowest BCUT2D eigenvalue weighted by atomic mass is 10.2. The lowest BCUT2D eigenvalue weighted by Crippen LogP contribution is -2.00. The van der Waals surface area contributed by atoms with Gasteiger partial charge in [-0.05, 0) is 48.6 Å². The maximum atomic E-state index is 10.9. The number of rotatable bonds is 5. The van der Waals surface area contributed by atoms with E-state index >= 15 is 0 Å². The average molecular weight is 469 g/mol. The molecule has 2 aromatic heterocycles. The van der Waals surface area contributed by atoms with Gasteiger partial charge in [0.1, 0.15) is 0 Å². The smallest absolute Gasteiger partial charge is 0.269 e. The van der Waals surface area contributed by atoms with Crippen molar-refractivity contribution in [3.63, 3.8) is 0 Å². The fourth-order valence-electron chi connectivity index (χ4n) is 2.77. The lowest BCUT2D eigenvalue weighted by Gasteiger charge is -2.06. The van der Waals surface area contributed by atoms with Crippen molar-refractivity contribution < 1.29 is 4.92 Å². The second-order valence-corrected chi connectivity index (χ2v) is 7.29. The zero-order chi connectivity index (χ0) is 20.4. The highest BCUT2D eigenvalue weighted by Gasteiger charge is 2.09. The molecule has 29 heavy (non-hydrogen) atoms. The van der Waals surface area contributed by atoms with Crippen LogP contribution >= 0.6 is 28.1 Å². The summed E-state index contributed by atoms with van der Waals surface area (Å²) in [5, 5.41) is 22.4. The Bertz CT molecular complexity index is 1260. The van der Waals surface area contributed by atoms with Crippen LogP contribution in [0.15, 0.2) is 76.4 Å². The Morgan fingerprint density at radius 3 is 2.55 bits per heavy atom. The van der Waals surface area contributed by atoms with E-state index in [-0.39, 0.29) is 5.69 Å². The number of halogens is 1. The van der Waals surface area contributed by atoms with E-state index in [4.69, 9.17) is 12.2 Å². The van der Waals surface area contributed by atoms with Crippen LogP contribution in [0.2, 0.25) is 0 Å². The van der Waals surface area contributed by atoms with Gasteiger partial charge in [0.05, 0.1) is 16.8 Å². The SMILES string of the molecule is O=[N+]([O-])c1ccc(-n2cccc2/C=N/n2c(-c3ccc(Br)cc3)n[nH]c2=S)cc1. The molecule has 10 heteroatoms. The van der Waals surface area contributed by atoms with Crippen LogP contribution in [0.4, 0.5) is 5.69 Å². The predicted octanol–water partition coefficient (Wildman–Crippen LogP) is 4.95. The number of nitrogens with one attached hydrogen (secondary N) is 1. The highest BCUT2D eigenvalue weighted by Crippen LogP contribution is 2.21. The molecule has 4 rings (SSSR count). The number of aromatic nitrogens is 4. The summed E-state index contributed by atoms with van der Waals surface area (Å²) in [6.45, 7) is 0. The van der Waals surface area contributed by atoms with E-state index in [2.05, 4.69) is 31.2 Å². The van der Waals surface area contributed by atoms with Crippen LogP contribution in [-0.2, 0) is 0 Å². The Morgan fingerprint density at radius 2 is 1.86 bits per heavy atom. The first-order chi connectivity index (χ1) is 14.0. The molecule has 0 spiro atoms. The van der Waals surface area contributed by atoms with Crippen molar-refractivity contribution >= 4 is 40.0 Å². The largest absolute Gasteiger partial charge is 0.316 e. The van der Waals surface area contributed by atoms with Crippen LogP contribution in [0.3, 0.4) is 0 Å². The number of nitro benzene ring substituents is 1. The van der Waals surface area contributed by atoms with Gasteiger partial charge in [0.25, 0.3) is 5.69 Å². The lowest BCUT2D eigenvalue weighted by molar-refractivity contribution is -0.384. The molecular weight excluding hydrogens is 456 g/mol. The first-order valence-corrected chi connectivity index (χ1v) is 9.63. The Hall–Kier alpha value is -3.37. The van der Waals surface area contributed by atoms with Crippen LogP contribution in [0.25, 0.3) is 17.1 Å². The number of benzene rings is 2. The summed E-state index contributed by atoms with van der Waals surface area (Å²) in [6, 6.07) is 17.7. The van der Waals surface area contributed by atoms with E-state index < -0.39 is 4.92 Å². The van der Waals surface area contributed by atoms with Gasteiger partial charge in [0, 0.05) is 34.1 Å². The summed E-state index contributed by atoms with van der Waals surface area (Å²) in [5.41, 5.74) is 2.47. The normalized spacial score (nSPS) is 11.2. The number of H-pyrrole nitrogens is 1. The van der Waals surface area contributed by atoms with Gasteiger partial charge in [-0.1, -0.05) is 28.1 Å². The van der Waals surface area contributed by atoms with E-state index in [1.165, 1.54) is 12.1 Å². The van der Waals surface area contributed by atoms with Gasteiger partial charge >= 0.3 is 0 Å². The molecule has 0 bridgehead atoms. The quantitative estimate of drug-likeness (QED) is 0.194. The highest BCUT2D eigenvalue weighted by molar-refractivity contribution is 9.10. The summed E-state index contributed by atoms with van der Waals surface area (Å²) >= 11 is 8.73. The Morgan fingerprint density at radius 1 is 1.14 bits per heavy atom. The monoisotopic (exact) mass is 468 g/mol. The summed E-state index contributed by atoms with van der Waals surface area (Å²) in [4.78, 5) is 10.4. The molecule has 4 aromatic rings. The molecule has 0 amide bonds. The molecule has 0 atom stereocenters. The third-order valence-corrected chi connectivity index (χ3v) is 4.97. The highest BCUT2D eigenvalue weighted by atomic mass is 79.9. The van der Waals surface area contributed by atoms with Gasteiger partial charge in [-0.3, -0.25) is 10.1 Å². The first-order valence-electron chi connectivity index (χ1n) is 8.43. The summed E-state index contributed by atoms with van der Waals surface area (Å²) in [7, 11) is 0. The van der Waals surface area contributed by atoms with Crippen LogP contribution in [0.1, 0.15) is 5.69 Å². The number of nitrogens with zero attached hydrogens (tertiary/aromatic N) is 5. The summed E-state index contributed by atoms with van der Waals surface area (Å²) in [5.74, 6) is 0.590. The van der Waals surface area contributed by atoms with E-state index in [0.29, 0.717) is 10.6 Å². The van der Waals surface area contributed by atoms with Gasteiger partial charge in [-0.25, -0.2) is 5.10 Å². The molecule has 0 aliphatic rings. The second-order valence-electron chi connectivity index (χ2n) is 5.99. The van der Waals surface area contributed by atoms with Crippen molar-refractivity contribution in [2.75, 3.05) is 0 Å². The first kappa shape index (κ1) is 19.0. The van der Waals surface area contributed by atoms with Crippen molar-refractivity contribution in [2.24, 2.45) is 5.10 Å². The van der Waals surface area contributed by atoms with E-state index in [1.54, 1.807) is 23.0 Å². The number of hydrogen-bond acceptors (Lipinski definition) is 5. The molecule has 8 nitrogen and oxygen atoms in total. The fraction of sp³-hybridized carbons (Fsp3) is 0. The van der Waals surface area contributed by atoms with Gasteiger partial charge in [-0.15, -0.1) is 0 Å². The molecule has 0 radical (unpaired) electrons. The van der Waals surface area contributed by atoms with E-state index in [1.807, 2.05) is 47.2 Å². The Labute approximate surface area is 178 Å². The molecule has 1 N–H and O–H groups in total. The van der Waals surface area contributed by atoms with Crippen LogP contribution in [-0.4, -0.2) is 30.6 Å².